The van der Waals surface area contributed by atoms with Crippen LogP contribution in [0.25, 0.3) is 0 Å². The molecule has 0 spiro atoms. The van der Waals surface area contributed by atoms with Crippen LogP contribution in [0.4, 0.5) is 4.79 Å². The second kappa shape index (κ2) is 6.58. The van der Waals surface area contributed by atoms with Crippen molar-refractivity contribution in [1.29, 1.82) is 0 Å². The van der Waals surface area contributed by atoms with Gasteiger partial charge in [-0.15, -0.1) is 0 Å². The number of carbonyl (C=O) groups excluding carboxylic acids is 2. The number of likely N-dealkylation sites (tertiary alicyclic amines) is 1. The summed E-state index contributed by atoms with van der Waals surface area (Å²) in [6, 6.07) is 8.34. The van der Waals surface area contributed by atoms with Crippen LogP contribution in [-0.4, -0.2) is 46.9 Å². The quantitative estimate of drug-likeness (QED) is 0.855. The van der Waals surface area contributed by atoms with Crippen LogP contribution in [0.5, 0.6) is 0 Å². The van der Waals surface area contributed by atoms with Crippen molar-refractivity contribution in [2.24, 2.45) is 5.92 Å². The number of fused-ring (bicyclic) bond motifs is 2. The van der Waals surface area contributed by atoms with Gasteiger partial charge in [-0.1, -0.05) is 30.3 Å². The van der Waals surface area contributed by atoms with Crippen molar-refractivity contribution in [3.63, 3.8) is 0 Å². The Morgan fingerprint density at radius 1 is 1.22 bits per heavy atom. The van der Waals surface area contributed by atoms with Crippen LogP contribution in [0.1, 0.15) is 25.3 Å². The standard InChI is InChI=1S/C17H21NO5/c1-2-22-16(20)15-12-8-13(14(19)9-12)18(15)17(21)23-10-11-6-4-3-5-7-11/h3-7,12-15,19H,2,8-10H2,1H3. The van der Waals surface area contributed by atoms with Crippen LogP contribution in [0.3, 0.4) is 0 Å². The van der Waals surface area contributed by atoms with Crippen LogP contribution in [0.15, 0.2) is 30.3 Å². The predicted octanol–water partition coefficient (Wildman–Crippen LogP) is 1.71. The summed E-state index contributed by atoms with van der Waals surface area (Å²) >= 11 is 0. The van der Waals surface area contributed by atoms with Gasteiger partial charge >= 0.3 is 12.1 Å². The molecule has 23 heavy (non-hydrogen) atoms. The molecule has 1 saturated heterocycles. The topological polar surface area (TPSA) is 76.1 Å². The number of aliphatic hydroxyl groups is 1. The number of rotatable bonds is 4. The summed E-state index contributed by atoms with van der Waals surface area (Å²) in [5.41, 5.74) is 0.874. The van der Waals surface area contributed by atoms with Crippen LogP contribution < -0.4 is 0 Å². The van der Waals surface area contributed by atoms with Gasteiger partial charge in [-0.05, 0) is 31.2 Å². The molecule has 1 aromatic rings. The zero-order valence-corrected chi connectivity index (χ0v) is 13.1. The molecule has 1 aliphatic carbocycles. The highest BCUT2D eigenvalue weighted by molar-refractivity contribution is 5.83. The maximum Gasteiger partial charge on any atom is 0.411 e. The first-order chi connectivity index (χ1) is 11.1. The zero-order valence-electron chi connectivity index (χ0n) is 13.1. The molecule has 6 heteroatoms. The Hall–Kier alpha value is -2.08. The largest absolute Gasteiger partial charge is 0.464 e. The van der Waals surface area contributed by atoms with Gasteiger partial charge in [0.05, 0.1) is 18.8 Å². The molecule has 6 nitrogen and oxygen atoms in total. The summed E-state index contributed by atoms with van der Waals surface area (Å²) in [5.74, 6) is -0.470. The minimum atomic E-state index is -0.647. The Kier molecular flexibility index (Phi) is 4.52. The summed E-state index contributed by atoms with van der Waals surface area (Å²) in [6.07, 6.45) is -0.0325. The van der Waals surface area contributed by atoms with E-state index < -0.39 is 24.2 Å². The first-order valence-corrected chi connectivity index (χ1v) is 7.95. The van der Waals surface area contributed by atoms with Crippen molar-refractivity contribution in [2.75, 3.05) is 6.61 Å². The average molecular weight is 319 g/mol. The van der Waals surface area contributed by atoms with Crippen molar-refractivity contribution < 1.29 is 24.2 Å². The highest BCUT2D eigenvalue weighted by Gasteiger charge is 2.56. The molecule has 4 unspecified atom stereocenters. The van der Waals surface area contributed by atoms with E-state index in [0.29, 0.717) is 12.8 Å². The Labute approximate surface area is 135 Å². The number of hydrogen-bond donors (Lipinski definition) is 1. The number of ether oxygens (including phenoxy) is 2. The van der Waals surface area contributed by atoms with Gasteiger partial charge in [0.15, 0.2) is 0 Å². The van der Waals surface area contributed by atoms with Crippen LogP contribution >= 0.6 is 0 Å². The summed E-state index contributed by atoms with van der Waals surface area (Å²) in [5, 5.41) is 10.1. The van der Waals surface area contributed by atoms with Gasteiger partial charge in [-0.2, -0.15) is 0 Å². The Bertz CT molecular complexity index is 576. The molecule has 1 amide bonds. The van der Waals surface area contributed by atoms with E-state index in [-0.39, 0.29) is 25.2 Å². The SMILES string of the molecule is CCOC(=O)C1C2CC(O)C(C2)N1C(=O)OCc1ccccc1. The Balaban J connectivity index is 1.70. The third kappa shape index (κ3) is 3.03. The van der Waals surface area contributed by atoms with E-state index in [0.717, 1.165) is 5.56 Å². The lowest BCUT2D eigenvalue weighted by atomic mass is 9.98. The molecule has 1 saturated carbocycles. The van der Waals surface area contributed by atoms with Crippen LogP contribution in [-0.2, 0) is 20.9 Å². The van der Waals surface area contributed by atoms with E-state index in [1.807, 2.05) is 30.3 Å². The molecule has 0 aromatic heterocycles. The first kappa shape index (κ1) is 15.8. The monoisotopic (exact) mass is 319 g/mol. The zero-order chi connectivity index (χ0) is 16.4. The third-order valence-electron chi connectivity index (χ3n) is 4.58. The number of esters is 1. The van der Waals surface area contributed by atoms with Gasteiger partial charge in [-0.25, -0.2) is 9.59 Å². The molecule has 3 rings (SSSR count). The number of benzene rings is 1. The van der Waals surface area contributed by atoms with Gasteiger partial charge in [0, 0.05) is 0 Å². The Morgan fingerprint density at radius 3 is 2.65 bits per heavy atom. The summed E-state index contributed by atoms with van der Waals surface area (Å²) in [7, 11) is 0. The lowest BCUT2D eigenvalue weighted by molar-refractivity contribution is -0.151. The van der Waals surface area contributed by atoms with E-state index in [1.165, 1.54) is 4.90 Å². The molecule has 4 atom stereocenters. The summed E-state index contributed by atoms with van der Waals surface area (Å²) < 4.78 is 10.4. The van der Waals surface area contributed by atoms with Gasteiger partial charge in [0.1, 0.15) is 12.6 Å². The number of carbonyl (C=O) groups is 2. The second-order valence-corrected chi connectivity index (χ2v) is 6.01. The van der Waals surface area contributed by atoms with E-state index in [9.17, 15) is 14.7 Å². The number of piperidine rings is 1. The normalized spacial score (nSPS) is 28.7. The van der Waals surface area contributed by atoms with Crippen molar-refractivity contribution in [1.82, 2.24) is 4.90 Å². The van der Waals surface area contributed by atoms with Crippen LogP contribution in [0, 0.1) is 5.92 Å². The minimum Gasteiger partial charge on any atom is -0.464 e. The van der Waals surface area contributed by atoms with E-state index >= 15 is 0 Å². The molecule has 1 aliphatic heterocycles. The molecule has 2 fully saturated rings. The number of nitrogens with zero attached hydrogens (tertiary/aromatic N) is 1. The molecule has 1 N–H and O–H groups in total. The fourth-order valence-electron chi connectivity index (χ4n) is 3.60. The lowest BCUT2D eigenvalue weighted by Crippen LogP contribution is -2.54. The van der Waals surface area contributed by atoms with Gasteiger partial charge < -0.3 is 14.6 Å². The predicted molar refractivity (Wildman–Crippen MR) is 81.4 cm³/mol. The molecular formula is C17H21NO5. The van der Waals surface area contributed by atoms with Crippen molar-refractivity contribution in [3.05, 3.63) is 35.9 Å². The van der Waals surface area contributed by atoms with E-state index in [1.54, 1.807) is 6.92 Å². The number of aliphatic hydroxyl groups excluding tert-OH is 1. The van der Waals surface area contributed by atoms with Crippen molar-refractivity contribution >= 4 is 12.1 Å². The molecule has 124 valence electrons. The average Bonchev–Trinajstić information content (AvgIpc) is 3.10. The van der Waals surface area contributed by atoms with E-state index in [2.05, 4.69) is 0 Å². The first-order valence-electron chi connectivity index (χ1n) is 7.95. The summed E-state index contributed by atoms with van der Waals surface area (Å²) in [4.78, 5) is 26.0. The molecule has 1 aromatic carbocycles. The molecular weight excluding hydrogens is 298 g/mol. The Morgan fingerprint density at radius 2 is 1.96 bits per heavy atom. The highest BCUT2D eigenvalue weighted by Crippen LogP contribution is 2.43. The third-order valence-corrected chi connectivity index (χ3v) is 4.58. The number of amides is 1. The van der Waals surface area contributed by atoms with Crippen molar-refractivity contribution in [3.8, 4) is 0 Å². The van der Waals surface area contributed by atoms with Crippen molar-refractivity contribution in [2.45, 2.75) is 44.6 Å². The van der Waals surface area contributed by atoms with Gasteiger partial charge in [0.25, 0.3) is 0 Å². The second-order valence-electron chi connectivity index (χ2n) is 6.01. The fraction of sp³-hybridized carbons (Fsp3) is 0.529. The minimum absolute atomic E-state index is 0.0571. The summed E-state index contributed by atoms with van der Waals surface area (Å²) in [6.45, 7) is 2.14. The smallest absolute Gasteiger partial charge is 0.411 e. The maximum absolute atomic E-state index is 12.5. The van der Waals surface area contributed by atoms with E-state index in [4.69, 9.17) is 9.47 Å². The molecule has 2 bridgehead atoms. The molecule has 0 radical (unpaired) electrons. The maximum atomic E-state index is 12.5. The number of hydrogen-bond acceptors (Lipinski definition) is 5. The highest BCUT2D eigenvalue weighted by atomic mass is 16.6. The molecule has 1 heterocycles. The van der Waals surface area contributed by atoms with Gasteiger partial charge in [-0.3, -0.25) is 4.90 Å². The fourth-order valence-corrected chi connectivity index (χ4v) is 3.60. The van der Waals surface area contributed by atoms with Crippen LogP contribution in [0.2, 0.25) is 0 Å². The molecule has 2 aliphatic rings. The van der Waals surface area contributed by atoms with Gasteiger partial charge in [0.2, 0.25) is 0 Å². The lowest BCUT2D eigenvalue weighted by Gasteiger charge is -2.35.